The molecule has 1 saturated heterocycles. The molecule has 2 aliphatic rings. The van der Waals surface area contributed by atoms with Crippen molar-refractivity contribution < 1.29 is 4.74 Å². The first-order valence-corrected chi connectivity index (χ1v) is 12.6. The third-order valence-electron chi connectivity index (χ3n) is 7.22. The van der Waals surface area contributed by atoms with Gasteiger partial charge in [0.1, 0.15) is 11.5 Å². The molecule has 6 rings (SSSR count). The highest BCUT2D eigenvalue weighted by Crippen LogP contribution is 2.33. The van der Waals surface area contributed by atoms with Crippen molar-refractivity contribution in [2.75, 3.05) is 31.1 Å². The molecule has 0 atom stereocenters. The molecule has 0 aliphatic carbocycles. The van der Waals surface area contributed by atoms with Crippen LogP contribution < -0.4 is 20.9 Å². The number of fused-ring (bicyclic) bond motifs is 3. The molecule has 2 aliphatic heterocycles. The normalized spacial score (nSPS) is 16.0. The van der Waals surface area contributed by atoms with E-state index in [9.17, 15) is 9.59 Å². The van der Waals surface area contributed by atoms with E-state index < -0.39 is 0 Å². The maximum Gasteiger partial charge on any atom is 0.332 e. The lowest BCUT2D eigenvalue weighted by molar-refractivity contribution is 0.218. The van der Waals surface area contributed by atoms with Gasteiger partial charge in [-0.25, -0.2) is 4.79 Å². The Labute approximate surface area is 208 Å². The Bertz CT molecular complexity index is 1500. The summed E-state index contributed by atoms with van der Waals surface area (Å²) in [5.74, 6) is 2.21. The van der Waals surface area contributed by atoms with Gasteiger partial charge in [0, 0.05) is 38.9 Å². The Balaban J connectivity index is 1.29. The minimum Gasteiger partial charge on any atom is -0.457 e. The number of hydrogen-bond donors (Lipinski definition) is 0. The average Bonchev–Trinajstić information content (AvgIpc) is 3.49. The maximum absolute atomic E-state index is 13.5. The Kier molecular flexibility index (Phi) is 5.85. The van der Waals surface area contributed by atoms with Gasteiger partial charge < -0.3 is 19.1 Å². The van der Waals surface area contributed by atoms with E-state index in [2.05, 4.69) is 9.80 Å². The Morgan fingerprint density at radius 1 is 0.833 bits per heavy atom. The van der Waals surface area contributed by atoms with Crippen molar-refractivity contribution in [3.05, 3.63) is 75.4 Å². The van der Waals surface area contributed by atoms with Crippen LogP contribution in [0.25, 0.3) is 11.2 Å². The zero-order valence-electron chi connectivity index (χ0n) is 20.5. The van der Waals surface area contributed by atoms with Gasteiger partial charge in [-0.05, 0) is 62.3 Å². The third-order valence-corrected chi connectivity index (χ3v) is 7.22. The summed E-state index contributed by atoms with van der Waals surface area (Å²) in [5, 5.41) is 0. The van der Waals surface area contributed by atoms with Crippen LogP contribution in [0.15, 0.2) is 64.2 Å². The van der Waals surface area contributed by atoms with Crippen molar-refractivity contribution in [2.45, 2.75) is 32.4 Å². The van der Waals surface area contributed by atoms with Gasteiger partial charge in [0.2, 0.25) is 5.95 Å². The van der Waals surface area contributed by atoms with Crippen molar-refractivity contribution in [3.63, 3.8) is 0 Å². The molecule has 0 radical (unpaired) electrons. The maximum atomic E-state index is 13.5. The van der Waals surface area contributed by atoms with Crippen LogP contribution >= 0.6 is 0 Å². The molecule has 0 saturated carbocycles. The van der Waals surface area contributed by atoms with Crippen LogP contribution in [0.2, 0.25) is 0 Å². The molecule has 2 aromatic heterocycles. The van der Waals surface area contributed by atoms with Gasteiger partial charge in [0.25, 0.3) is 5.56 Å². The fourth-order valence-electron chi connectivity index (χ4n) is 5.26. The quantitative estimate of drug-likeness (QED) is 0.416. The zero-order chi connectivity index (χ0) is 24.6. The molecule has 0 spiro atoms. The molecule has 36 heavy (non-hydrogen) atoms. The average molecular weight is 487 g/mol. The van der Waals surface area contributed by atoms with Crippen LogP contribution in [0.5, 0.6) is 11.5 Å². The SMILES string of the molecule is Cn1c(=O)n(CCN2CCCCC2)c(=O)c2c1nc1n2CCN1c1ccc(Oc2ccccc2)cc1. The summed E-state index contributed by atoms with van der Waals surface area (Å²) in [6.07, 6.45) is 3.61. The van der Waals surface area contributed by atoms with Crippen molar-refractivity contribution >= 4 is 22.8 Å². The number of anilines is 2. The lowest BCUT2D eigenvalue weighted by Gasteiger charge is -2.26. The second kappa shape index (κ2) is 9.31. The first kappa shape index (κ1) is 22.6. The predicted molar refractivity (Wildman–Crippen MR) is 139 cm³/mol. The van der Waals surface area contributed by atoms with Crippen molar-refractivity contribution in [2.24, 2.45) is 7.05 Å². The number of hydrogen-bond acceptors (Lipinski definition) is 6. The van der Waals surface area contributed by atoms with E-state index in [0.717, 1.165) is 30.3 Å². The lowest BCUT2D eigenvalue weighted by atomic mass is 10.1. The first-order valence-electron chi connectivity index (χ1n) is 12.6. The molecule has 2 aromatic carbocycles. The fraction of sp³-hybridized carbons (Fsp3) is 0.370. The van der Waals surface area contributed by atoms with Crippen molar-refractivity contribution in [1.29, 1.82) is 0 Å². The van der Waals surface area contributed by atoms with E-state index >= 15 is 0 Å². The van der Waals surface area contributed by atoms with Crippen LogP contribution in [0.1, 0.15) is 19.3 Å². The number of aryl methyl sites for hydroxylation is 1. The minimum absolute atomic E-state index is 0.252. The third kappa shape index (κ3) is 3.99. The van der Waals surface area contributed by atoms with Crippen LogP contribution in [-0.2, 0) is 20.1 Å². The van der Waals surface area contributed by atoms with Crippen LogP contribution in [-0.4, -0.2) is 49.8 Å². The van der Waals surface area contributed by atoms with E-state index in [1.165, 1.54) is 28.4 Å². The number of aromatic nitrogens is 4. The van der Waals surface area contributed by atoms with Gasteiger partial charge in [-0.1, -0.05) is 24.6 Å². The van der Waals surface area contributed by atoms with Crippen LogP contribution in [0, 0.1) is 0 Å². The topological polar surface area (TPSA) is 77.5 Å². The Morgan fingerprint density at radius 3 is 2.31 bits per heavy atom. The highest BCUT2D eigenvalue weighted by atomic mass is 16.5. The Morgan fingerprint density at radius 2 is 1.56 bits per heavy atom. The van der Waals surface area contributed by atoms with E-state index in [1.807, 2.05) is 59.2 Å². The fourth-order valence-corrected chi connectivity index (χ4v) is 5.26. The number of likely N-dealkylation sites (tertiary alicyclic amines) is 1. The highest BCUT2D eigenvalue weighted by molar-refractivity contribution is 5.77. The molecule has 186 valence electrons. The van der Waals surface area contributed by atoms with Gasteiger partial charge in [0.05, 0.1) is 0 Å². The van der Waals surface area contributed by atoms with Gasteiger partial charge >= 0.3 is 5.69 Å². The summed E-state index contributed by atoms with van der Waals surface area (Å²) in [4.78, 5) is 35.7. The molecule has 4 heterocycles. The number of imidazole rings is 1. The van der Waals surface area contributed by atoms with Crippen molar-refractivity contribution in [3.8, 4) is 11.5 Å². The van der Waals surface area contributed by atoms with E-state index in [1.54, 1.807) is 7.05 Å². The summed E-state index contributed by atoms with van der Waals surface area (Å²) >= 11 is 0. The smallest absolute Gasteiger partial charge is 0.332 e. The number of rotatable bonds is 6. The first-order chi connectivity index (χ1) is 17.6. The lowest BCUT2D eigenvalue weighted by Crippen LogP contribution is -2.43. The van der Waals surface area contributed by atoms with Crippen LogP contribution in [0.4, 0.5) is 11.6 Å². The molecular weight excluding hydrogens is 456 g/mol. The van der Waals surface area contributed by atoms with Gasteiger partial charge in [0.15, 0.2) is 11.2 Å². The second-order valence-corrected chi connectivity index (χ2v) is 9.50. The Hall–Kier alpha value is -3.85. The summed E-state index contributed by atoms with van der Waals surface area (Å²) in [7, 11) is 1.70. The molecule has 4 aromatic rings. The van der Waals surface area contributed by atoms with Gasteiger partial charge in [-0.2, -0.15) is 4.98 Å². The van der Waals surface area contributed by atoms with E-state index in [0.29, 0.717) is 43.3 Å². The molecule has 9 heteroatoms. The number of nitrogens with zero attached hydrogens (tertiary/aromatic N) is 6. The number of benzene rings is 2. The summed E-state index contributed by atoms with van der Waals surface area (Å²) in [6, 6.07) is 17.5. The molecule has 0 N–H and O–H groups in total. The molecular formula is C27H30N6O3. The molecule has 0 unspecified atom stereocenters. The molecule has 0 amide bonds. The summed E-state index contributed by atoms with van der Waals surface area (Å²) < 4.78 is 10.7. The standard InChI is InChI=1S/C27H30N6O3/c1-29-24-23(25(34)33(27(29)35)17-16-30-14-6-3-7-15-30)32-19-18-31(26(32)28-24)20-10-12-22(13-11-20)36-21-8-4-2-5-9-21/h2,4-5,8-13H,3,6-7,14-19H2,1H3. The van der Waals surface area contributed by atoms with Gasteiger partial charge in [-0.15, -0.1) is 0 Å². The van der Waals surface area contributed by atoms with E-state index in [4.69, 9.17) is 9.72 Å². The van der Waals surface area contributed by atoms with Crippen molar-refractivity contribution in [1.82, 2.24) is 23.6 Å². The number of piperidine rings is 1. The molecule has 9 nitrogen and oxygen atoms in total. The van der Waals surface area contributed by atoms with Crippen LogP contribution in [0.3, 0.4) is 0 Å². The minimum atomic E-state index is -0.310. The van der Waals surface area contributed by atoms with E-state index in [-0.39, 0.29) is 11.2 Å². The largest absolute Gasteiger partial charge is 0.457 e. The highest BCUT2D eigenvalue weighted by Gasteiger charge is 2.29. The van der Waals surface area contributed by atoms with Gasteiger partial charge in [-0.3, -0.25) is 13.9 Å². The molecule has 0 bridgehead atoms. The number of para-hydroxylation sites is 1. The monoisotopic (exact) mass is 486 g/mol. The predicted octanol–water partition coefficient (Wildman–Crippen LogP) is 3.33. The molecule has 1 fully saturated rings. The zero-order valence-corrected chi connectivity index (χ0v) is 20.5. The summed E-state index contributed by atoms with van der Waals surface area (Å²) in [5.41, 5.74) is 1.33. The second-order valence-electron chi connectivity index (χ2n) is 9.50. The summed E-state index contributed by atoms with van der Waals surface area (Å²) in [6.45, 7) is 4.51. The number of ether oxygens (including phenoxy) is 1.